The van der Waals surface area contributed by atoms with E-state index in [0.717, 1.165) is 15.7 Å². The monoisotopic (exact) mass is 315 g/mol. The summed E-state index contributed by atoms with van der Waals surface area (Å²) in [5, 5.41) is 3.19. The van der Waals surface area contributed by atoms with Crippen molar-refractivity contribution in [3.8, 4) is 0 Å². The van der Waals surface area contributed by atoms with Crippen LogP contribution in [0.15, 0.2) is 22.7 Å². The fourth-order valence-corrected chi connectivity index (χ4v) is 1.90. The number of carbonyl (C=O) groups excluding carboxylic acids is 1. The number of carbonyl (C=O) groups is 1. The van der Waals surface area contributed by atoms with Crippen LogP contribution >= 0.6 is 28.1 Å². The summed E-state index contributed by atoms with van der Waals surface area (Å²) in [6, 6.07) is 5.63. The van der Waals surface area contributed by atoms with Crippen molar-refractivity contribution in [3.05, 3.63) is 28.2 Å². The molecular weight excluding hydrogens is 302 g/mol. The second-order valence-electron chi connectivity index (χ2n) is 3.55. The predicted molar refractivity (Wildman–Crippen MR) is 76.9 cm³/mol. The van der Waals surface area contributed by atoms with Gasteiger partial charge in [0.05, 0.1) is 0 Å². The Bertz CT molecular complexity index is 437. The Hall–Kier alpha value is -1.14. The van der Waals surface area contributed by atoms with E-state index in [-0.39, 0.29) is 5.91 Å². The van der Waals surface area contributed by atoms with Gasteiger partial charge in [0, 0.05) is 28.7 Å². The van der Waals surface area contributed by atoms with E-state index in [2.05, 4.69) is 21.2 Å². The lowest BCUT2D eigenvalue weighted by Gasteiger charge is -2.11. The van der Waals surface area contributed by atoms with Gasteiger partial charge in [0.25, 0.3) is 0 Å². The minimum atomic E-state index is -0.296. The highest BCUT2D eigenvalue weighted by molar-refractivity contribution is 9.10. The zero-order valence-corrected chi connectivity index (χ0v) is 11.6. The first-order valence-corrected chi connectivity index (χ1v) is 6.32. The molecule has 6 heteroatoms. The van der Waals surface area contributed by atoms with Crippen LogP contribution in [0.5, 0.6) is 0 Å². The summed E-state index contributed by atoms with van der Waals surface area (Å²) in [7, 11) is 0. The molecule has 1 amide bonds. The molecule has 0 bridgehead atoms. The number of rotatable bonds is 6. The van der Waals surface area contributed by atoms with Gasteiger partial charge in [0.2, 0.25) is 5.91 Å². The molecule has 0 saturated heterocycles. The third kappa shape index (κ3) is 4.70. The Morgan fingerprint density at radius 3 is 2.71 bits per heavy atom. The second-order valence-corrected chi connectivity index (χ2v) is 4.91. The van der Waals surface area contributed by atoms with Crippen LogP contribution in [-0.2, 0) is 4.79 Å². The van der Waals surface area contributed by atoms with E-state index in [0.29, 0.717) is 24.4 Å². The van der Waals surface area contributed by atoms with Gasteiger partial charge in [-0.25, -0.2) is 0 Å². The topological polar surface area (TPSA) is 81.1 Å². The lowest BCUT2D eigenvalue weighted by Crippen LogP contribution is -2.15. The molecule has 17 heavy (non-hydrogen) atoms. The number of hydrogen-bond donors (Lipinski definition) is 3. The molecule has 0 aliphatic rings. The van der Waals surface area contributed by atoms with Crippen molar-refractivity contribution in [1.29, 1.82) is 0 Å². The minimum absolute atomic E-state index is 0.296. The quantitative estimate of drug-likeness (QED) is 0.552. The fourth-order valence-electron chi connectivity index (χ4n) is 1.36. The smallest absolute Gasteiger partial charge is 0.217 e. The van der Waals surface area contributed by atoms with Crippen molar-refractivity contribution in [2.45, 2.75) is 12.8 Å². The first-order valence-electron chi connectivity index (χ1n) is 5.12. The maximum atomic E-state index is 10.6. The average Bonchev–Trinajstić information content (AvgIpc) is 2.23. The van der Waals surface area contributed by atoms with Gasteiger partial charge in [-0.05, 0) is 24.6 Å². The van der Waals surface area contributed by atoms with E-state index < -0.39 is 0 Å². The SMILES string of the molecule is NC(=O)CCCNc1cc(Br)ccc1C(N)=S. The van der Waals surface area contributed by atoms with Crippen LogP contribution < -0.4 is 16.8 Å². The average molecular weight is 316 g/mol. The van der Waals surface area contributed by atoms with E-state index >= 15 is 0 Å². The largest absolute Gasteiger partial charge is 0.389 e. The summed E-state index contributed by atoms with van der Waals surface area (Å²) < 4.78 is 0.940. The van der Waals surface area contributed by atoms with Crippen LogP contribution in [0.3, 0.4) is 0 Å². The number of benzene rings is 1. The van der Waals surface area contributed by atoms with Crippen molar-refractivity contribution < 1.29 is 4.79 Å². The second kappa shape index (κ2) is 6.56. The summed E-state index contributed by atoms with van der Waals surface area (Å²) in [5.41, 5.74) is 12.3. The standard InChI is InChI=1S/C11H14BrN3OS/c12-7-3-4-8(11(14)17)9(6-7)15-5-1-2-10(13)16/h3-4,6,15H,1-2,5H2,(H2,13,16)(H2,14,17). The highest BCUT2D eigenvalue weighted by Crippen LogP contribution is 2.21. The van der Waals surface area contributed by atoms with E-state index in [1.54, 1.807) is 0 Å². The van der Waals surface area contributed by atoms with Crippen LogP contribution in [0.1, 0.15) is 18.4 Å². The van der Waals surface area contributed by atoms with Gasteiger partial charge in [0.1, 0.15) is 4.99 Å². The molecule has 0 aliphatic heterocycles. The molecule has 1 aromatic carbocycles. The normalized spacial score (nSPS) is 9.94. The van der Waals surface area contributed by atoms with Crippen molar-refractivity contribution in [3.63, 3.8) is 0 Å². The van der Waals surface area contributed by atoms with E-state index in [4.69, 9.17) is 23.7 Å². The third-order valence-electron chi connectivity index (χ3n) is 2.16. The van der Waals surface area contributed by atoms with Crippen LogP contribution in [0.2, 0.25) is 0 Å². The molecule has 0 atom stereocenters. The predicted octanol–water partition coefficient (Wildman–Crippen LogP) is 1.76. The Kier molecular flexibility index (Phi) is 5.37. The zero-order chi connectivity index (χ0) is 12.8. The number of nitrogens with one attached hydrogen (secondary N) is 1. The van der Waals surface area contributed by atoms with Gasteiger partial charge in [-0.15, -0.1) is 0 Å². The first kappa shape index (κ1) is 13.9. The lowest BCUT2D eigenvalue weighted by atomic mass is 10.1. The summed E-state index contributed by atoms with van der Waals surface area (Å²) in [5.74, 6) is -0.296. The van der Waals surface area contributed by atoms with Crippen LogP contribution in [0.25, 0.3) is 0 Å². The fraction of sp³-hybridized carbons (Fsp3) is 0.273. The van der Waals surface area contributed by atoms with Gasteiger partial charge in [0.15, 0.2) is 0 Å². The summed E-state index contributed by atoms with van der Waals surface area (Å²) >= 11 is 8.34. The maximum Gasteiger partial charge on any atom is 0.217 e. The van der Waals surface area contributed by atoms with E-state index in [9.17, 15) is 4.79 Å². The molecule has 0 heterocycles. The summed E-state index contributed by atoms with van der Waals surface area (Å²) in [6.07, 6.45) is 1.04. The molecule has 92 valence electrons. The first-order chi connectivity index (χ1) is 8.00. The molecule has 0 aromatic heterocycles. The van der Waals surface area contributed by atoms with Crippen molar-refractivity contribution in [1.82, 2.24) is 0 Å². The van der Waals surface area contributed by atoms with Crippen molar-refractivity contribution in [2.75, 3.05) is 11.9 Å². The molecule has 0 spiro atoms. The number of anilines is 1. The number of nitrogens with two attached hydrogens (primary N) is 2. The summed E-state index contributed by atoms with van der Waals surface area (Å²) in [6.45, 7) is 0.648. The van der Waals surface area contributed by atoms with Crippen LogP contribution in [0.4, 0.5) is 5.69 Å². The number of hydrogen-bond acceptors (Lipinski definition) is 3. The molecule has 0 fully saturated rings. The highest BCUT2D eigenvalue weighted by atomic mass is 79.9. The summed E-state index contributed by atoms with van der Waals surface area (Å²) in [4.78, 5) is 10.9. The molecule has 0 radical (unpaired) electrons. The van der Waals surface area contributed by atoms with Gasteiger partial charge >= 0.3 is 0 Å². The minimum Gasteiger partial charge on any atom is -0.389 e. The number of halogens is 1. The zero-order valence-electron chi connectivity index (χ0n) is 9.20. The van der Waals surface area contributed by atoms with E-state index in [1.807, 2.05) is 18.2 Å². The Balaban J connectivity index is 2.65. The molecule has 0 unspecified atom stereocenters. The van der Waals surface area contributed by atoms with Gasteiger partial charge in [-0.2, -0.15) is 0 Å². The maximum absolute atomic E-state index is 10.6. The van der Waals surface area contributed by atoms with Gasteiger partial charge in [-0.3, -0.25) is 4.79 Å². The molecule has 5 N–H and O–H groups in total. The lowest BCUT2D eigenvalue weighted by molar-refractivity contribution is -0.118. The number of thiocarbonyl (C=S) groups is 1. The van der Waals surface area contributed by atoms with Crippen LogP contribution in [0, 0.1) is 0 Å². The molecule has 0 saturated carbocycles. The van der Waals surface area contributed by atoms with Gasteiger partial charge < -0.3 is 16.8 Å². The van der Waals surface area contributed by atoms with Crippen molar-refractivity contribution >= 4 is 44.7 Å². The molecule has 1 rings (SSSR count). The molecule has 0 aliphatic carbocycles. The Morgan fingerprint density at radius 2 is 2.12 bits per heavy atom. The van der Waals surface area contributed by atoms with E-state index in [1.165, 1.54) is 0 Å². The molecule has 1 aromatic rings. The number of amides is 1. The number of primary amides is 1. The highest BCUT2D eigenvalue weighted by Gasteiger charge is 2.05. The van der Waals surface area contributed by atoms with Crippen LogP contribution in [-0.4, -0.2) is 17.4 Å². The third-order valence-corrected chi connectivity index (χ3v) is 2.88. The van der Waals surface area contributed by atoms with Gasteiger partial charge in [-0.1, -0.05) is 28.1 Å². The van der Waals surface area contributed by atoms with Crippen molar-refractivity contribution in [2.24, 2.45) is 11.5 Å². The Morgan fingerprint density at radius 1 is 1.41 bits per heavy atom. The Labute approximate surface area is 114 Å². The molecular formula is C11H14BrN3OS. The molecule has 4 nitrogen and oxygen atoms in total.